The third-order valence-electron chi connectivity index (χ3n) is 4.87. The predicted molar refractivity (Wildman–Crippen MR) is 121 cm³/mol. The van der Waals surface area contributed by atoms with Crippen molar-refractivity contribution in [2.75, 3.05) is 40.3 Å². The lowest BCUT2D eigenvalue weighted by molar-refractivity contribution is -0.129. The van der Waals surface area contributed by atoms with Crippen LogP contribution >= 0.6 is 12.4 Å². The summed E-state index contributed by atoms with van der Waals surface area (Å²) in [5.41, 5.74) is 2.17. The number of amides is 1. The zero-order valence-electron chi connectivity index (χ0n) is 17.1. The molecule has 3 rings (SSSR count). The molecule has 0 unspecified atom stereocenters. The molecule has 0 aromatic heterocycles. The highest BCUT2D eigenvalue weighted by molar-refractivity contribution is 7.89. The lowest BCUT2D eigenvalue weighted by atomic mass is 10.1. The number of carbonyl (C=O) groups excluding carboxylic acids is 1. The van der Waals surface area contributed by atoms with E-state index < -0.39 is 10.0 Å². The molecule has 1 N–H and O–H groups in total. The van der Waals surface area contributed by atoms with Gasteiger partial charge in [-0.1, -0.05) is 42.5 Å². The molecule has 0 saturated heterocycles. The van der Waals surface area contributed by atoms with E-state index in [1.165, 1.54) is 19.2 Å². The van der Waals surface area contributed by atoms with Gasteiger partial charge in [0.2, 0.25) is 15.9 Å². The maximum atomic E-state index is 12.6. The minimum absolute atomic E-state index is 0. The van der Waals surface area contributed by atoms with Crippen LogP contribution in [0.3, 0.4) is 0 Å². The number of nitrogens with zero attached hydrogens (tertiary/aromatic N) is 3. The zero-order valence-corrected chi connectivity index (χ0v) is 18.7. The number of likely N-dealkylation sites (N-methyl/N-ethyl adjacent to an activating group) is 2. The largest absolute Gasteiger partial charge is 0.368 e. The Hall–Kier alpha value is -2.42. The minimum atomic E-state index is -3.68. The van der Waals surface area contributed by atoms with E-state index in [0.717, 1.165) is 34.4 Å². The van der Waals surface area contributed by atoms with Gasteiger partial charge in [0.15, 0.2) is 0 Å². The number of rotatable bonds is 8. The van der Waals surface area contributed by atoms with Crippen molar-refractivity contribution in [1.29, 1.82) is 0 Å². The second kappa shape index (κ2) is 10.6. The fourth-order valence-corrected chi connectivity index (χ4v) is 4.15. The lowest BCUT2D eigenvalue weighted by Gasteiger charge is -2.22. The standard InChI is InChI=1S/C21H26N4O3S.ClH/c1-24(15-12-17-8-10-18(11-9-17)21-22-13-14-23-21)20(26)16-25(2)29(27,28)19-6-4-3-5-7-19;/h3-11H,12-16H2,1-2H3,(H,22,23);1H. The van der Waals surface area contributed by atoms with Crippen molar-refractivity contribution in [1.82, 2.24) is 14.5 Å². The normalized spacial score (nSPS) is 13.4. The van der Waals surface area contributed by atoms with Gasteiger partial charge in [0.05, 0.1) is 18.0 Å². The quantitative estimate of drug-likeness (QED) is 0.664. The Morgan fingerprint density at radius 3 is 2.33 bits per heavy atom. The number of nitrogens with one attached hydrogen (secondary N) is 1. The van der Waals surface area contributed by atoms with Crippen molar-refractivity contribution in [3.05, 3.63) is 65.7 Å². The summed E-state index contributed by atoms with van der Waals surface area (Å²) >= 11 is 0. The highest BCUT2D eigenvalue weighted by atomic mass is 35.5. The molecule has 0 bridgehead atoms. The van der Waals surface area contributed by atoms with Gasteiger partial charge in [-0.05, 0) is 24.1 Å². The zero-order chi connectivity index (χ0) is 20.9. The molecule has 9 heteroatoms. The summed E-state index contributed by atoms with van der Waals surface area (Å²) in [6.07, 6.45) is 0.692. The molecule has 0 fully saturated rings. The van der Waals surface area contributed by atoms with Crippen molar-refractivity contribution in [3.63, 3.8) is 0 Å². The molecule has 7 nitrogen and oxygen atoms in total. The fraction of sp³-hybridized carbons (Fsp3) is 0.333. The number of carbonyl (C=O) groups is 1. The first-order valence-corrected chi connectivity index (χ1v) is 10.9. The molecule has 1 amide bonds. The van der Waals surface area contributed by atoms with E-state index in [2.05, 4.69) is 10.3 Å². The van der Waals surface area contributed by atoms with Crippen LogP contribution in [0.25, 0.3) is 0 Å². The summed E-state index contributed by atoms with van der Waals surface area (Å²) in [5, 5.41) is 3.24. The summed E-state index contributed by atoms with van der Waals surface area (Å²) in [5.74, 6) is 0.680. The number of amidine groups is 1. The van der Waals surface area contributed by atoms with E-state index in [4.69, 9.17) is 0 Å². The average molecular weight is 451 g/mol. The molecule has 0 aliphatic carbocycles. The van der Waals surface area contributed by atoms with Crippen LogP contribution in [0.4, 0.5) is 0 Å². The van der Waals surface area contributed by atoms with Gasteiger partial charge in [-0.2, -0.15) is 4.31 Å². The van der Waals surface area contributed by atoms with Gasteiger partial charge in [-0.15, -0.1) is 12.4 Å². The van der Waals surface area contributed by atoms with Crippen LogP contribution < -0.4 is 5.32 Å². The predicted octanol–water partition coefficient (Wildman–Crippen LogP) is 1.78. The van der Waals surface area contributed by atoms with E-state index in [0.29, 0.717) is 13.0 Å². The maximum absolute atomic E-state index is 12.6. The lowest BCUT2D eigenvalue weighted by Crippen LogP contribution is -2.40. The third kappa shape index (κ3) is 5.81. The minimum Gasteiger partial charge on any atom is -0.368 e. The average Bonchev–Trinajstić information content (AvgIpc) is 3.27. The van der Waals surface area contributed by atoms with Gasteiger partial charge in [0.1, 0.15) is 5.84 Å². The maximum Gasteiger partial charge on any atom is 0.243 e. The van der Waals surface area contributed by atoms with E-state index in [1.54, 1.807) is 30.1 Å². The Labute approximate surface area is 184 Å². The highest BCUT2D eigenvalue weighted by Gasteiger charge is 2.23. The third-order valence-corrected chi connectivity index (χ3v) is 6.69. The number of hydrogen-bond acceptors (Lipinski definition) is 5. The molecule has 1 aliphatic heterocycles. The molecule has 1 heterocycles. The Balaban J connectivity index is 0.00000320. The van der Waals surface area contributed by atoms with Crippen LogP contribution in [-0.4, -0.2) is 69.6 Å². The number of aliphatic imine (C=N–C) groups is 1. The van der Waals surface area contributed by atoms with Gasteiger partial charge >= 0.3 is 0 Å². The van der Waals surface area contributed by atoms with E-state index in [-0.39, 0.29) is 29.8 Å². The molecule has 30 heavy (non-hydrogen) atoms. The summed E-state index contributed by atoms with van der Waals surface area (Å²) < 4.78 is 26.2. The van der Waals surface area contributed by atoms with Crippen LogP contribution in [0, 0.1) is 0 Å². The van der Waals surface area contributed by atoms with Crippen LogP contribution in [0.15, 0.2) is 64.5 Å². The Bertz CT molecular complexity index is 979. The second-order valence-corrected chi connectivity index (χ2v) is 9.04. The van der Waals surface area contributed by atoms with E-state index in [9.17, 15) is 13.2 Å². The molecule has 2 aromatic rings. The molecule has 1 aliphatic rings. The first kappa shape index (κ1) is 23.9. The van der Waals surface area contributed by atoms with Crippen molar-refractivity contribution >= 4 is 34.2 Å². The van der Waals surface area contributed by atoms with Crippen molar-refractivity contribution in [3.8, 4) is 0 Å². The molecular formula is C21H27ClN4O3S. The fourth-order valence-electron chi connectivity index (χ4n) is 3.01. The van der Waals surface area contributed by atoms with Gasteiger partial charge in [-0.3, -0.25) is 9.79 Å². The summed E-state index contributed by atoms with van der Waals surface area (Å²) in [4.78, 5) is 18.6. The smallest absolute Gasteiger partial charge is 0.243 e. The van der Waals surface area contributed by atoms with Crippen LogP contribution in [0.2, 0.25) is 0 Å². The van der Waals surface area contributed by atoms with Crippen LogP contribution in [0.1, 0.15) is 11.1 Å². The monoisotopic (exact) mass is 450 g/mol. The Kier molecular flexibility index (Phi) is 8.40. The van der Waals surface area contributed by atoms with Gasteiger partial charge < -0.3 is 10.2 Å². The number of sulfonamides is 1. The summed E-state index contributed by atoms with van der Waals surface area (Å²) in [6.45, 7) is 1.99. The number of benzene rings is 2. The number of halogens is 1. The first-order chi connectivity index (χ1) is 13.9. The summed E-state index contributed by atoms with van der Waals surface area (Å²) in [6, 6.07) is 16.2. The topological polar surface area (TPSA) is 82.1 Å². The second-order valence-electron chi connectivity index (χ2n) is 6.99. The van der Waals surface area contributed by atoms with Crippen LogP contribution in [0.5, 0.6) is 0 Å². The van der Waals surface area contributed by atoms with E-state index in [1.807, 2.05) is 24.3 Å². The van der Waals surface area contributed by atoms with Gasteiger partial charge in [-0.25, -0.2) is 8.42 Å². The number of hydrogen-bond donors (Lipinski definition) is 1. The van der Waals surface area contributed by atoms with Gasteiger partial charge in [0.25, 0.3) is 0 Å². The molecule has 2 aromatic carbocycles. The van der Waals surface area contributed by atoms with Crippen molar-refractivity contribution in [2.24, 2.45) is 4.99 Å². The SMILES string of the molecule is CN(CCc1ccc(C2=NCCN2)cc1)C(=O)CN(C)S(=O)(=O)c1ccccc1.Cl. The summed E-state index contributed by atoms with van der Waals surface area (Å²) in [7, 11) is -0.564. The Morgan fingerprint density at radius 1 is 1.07 bits per heavy atom. The molecule has 0 saturated carbocycles. The molecule has 0 spiro atoms. The van der Waals surface area contributed by atoms with Crippen LogP contribution in [-0.2, 0) is 21.2 Å². The Morgan fingerprint density at radius 2 is 1.73 bits per heavy atom. The molecular weight excluding hydrogens is 424 g/mol. The van der Waals surface area contributed by atoms with E-state index >= 15 is 0 Å². The molecule has 0 radical (unpaired) electrons. The molecule has 162 valence electrons. The van der Waals surface area contributed by atoms with Crippen molar-refractivity contribution < 1.29 is 13.2 Å². The van der Waals surface area contributed by atoms with Crippen molar-refractivity contribution in [2.45, 2.75) is 11.3 Å². The highest BCUT2D eigenvalue weighted by Crippen LogP contribution is 2.13. The molecule has 0 atom stereocenters. The van der Waals surface area contributed by atoms with Gasteiger partial charge in [0, 0.05) is 32.7 Å². The first-order valence-electron chi connectivity index (χ1n) is 9.51.